The van der Waals surface area contributed by atoms with Crippen LogP contribution in [0.25, 0.3) is 0 Å². The Labute approximate surface area is 195 Å². The number of amides is 4. The zero-order valence-electron chi connectivity index (χ0n) is 18.1. The van der Waals surface area contributed by atoms with Crippen LogP contribution in [0, 0.1) is 0 Å². The molecule has 1 aromatic carbocycles. The fourth-order valence-corrected chi connectivity index (χ4v) is 5.99. The summed E-state index contributed by atoms with van der Waals surface area (Å²) in [7, 11) is 0. The van der Waals surface area contributed by atoms with Crippen LogP contribution in [-0.4, -0.2) is 54.3 Å². The van der Waals surface area contributed by atoms with Gasteiger partial charge in [-0.2, -0.15) is 0 Å². The van der Waals surface area contributed by atoms with Gasteiger partial charge in [-0.05, 0) is 56.2 Å². The van der Waals surface area contributed by atoms with Crippen LogP contribution >= 0.6 is 11.3 Å². The molecule has 0 saturated carbocycles. The van der Waals surface area contributed by atoms with Crippen molar-refractivity contribution in [1.82, 2.24) is 10.2 Å². The molecule has 172 valence electrons. The molecule has 5 rings (SSSR count). The van der Waals surface area contributed by atoms with Gasteiger partial charge >= 0.3 is 0 Å². The maximum atomic E-state index is 13.1. The number of hydrogen-bond donors (Lipinski definition) is 2. The van der Waals surface area contributed by atoms with Gasteiger partial charge in [-0.25, -0.2) is 0 Å². The van der Waals surface area contributed by atoms with Crippen LogP contribution in [0.5, 0.6) is 0 Å². The highest BCUT2D eigenvalue weighted by atomic mass is 32.1. The predicted octanol–water partition coefficient (Wildman–Crippen LogP) is 2.77. The molecule has 1 aromatic heterocycles. The largest absolute Gasteiger partial charge is 0.376 e. The van der Waals surface area contributed by atoms with E-state index in [2.05, 4.69) is 10.6 Å². The Kier molecular flexibility index (Phi) is 5.99. The van der Waals surface area contributed by atoms with Gasteiger partial charge in [-0.3, -0.25) is 24.1 Å². The molecule has 0 spiro atoms. The number of hydrogen-bond acceptors (Lipinski definition) is 6. The number of imide groups is 1. The van der Waals surface area contributed by atoms with Crippen molar-refractivity contribution in [2.24, 2.45) is 0 Å². The summed E-state index contributed by atoms with van der Waals surface area (Å²) in [6, 6.07) is 6.53. The van der Waals surface area contributed by atoms with Crippen LogP contribution in [0.15, 0.2) is 24.3 Å². The lowest BCUT2D eigenvalue weighted by atomic mass is 9.95. The Morgan fingerprint density at radius 1 is 1.06 bits per heavy atom. The van der Waals surface area contributed by atoms with Crippen molar-refractivity contribution in [3.8, 4) is 0 Å². The quantitative estimate of drug-likeness (QED) is 0.636. The molecule has 3 heterocycles. The summed E-state index contributed by atoms with van der Waals surface area (Å²) in [5.74, 6) is -1.69. The highest BCUT2D eigenvalue weighted by Crippen LogP contribution is 2.38. The first-order valence-electron chi connectivity index (χ1n) is 11.3. The first kappa shape index (κ1) is 21.8. The molecule has 0 radical (unpaired) electrons. The third-order valence-electron chi connectivity index (χ3n) is 6.35. The molecule has 0 bridgehead atoms. The number of ether oxygens (including phenoxy) is 1. The Bertz CT molecular complexity index is 1100. The van der Waals surface area contributed by atoms with E-state index in [1.165, 1.54) is 11.3 Å². The fraction of sp³-hybridized carbons (Fsp3) is 0.417. The molecule has 33 heavy (non-hydrogen) atoms. The van der Waals surface area contributed by atoms with Gasteiger partial charge in [0, 0.05) is 18.0 Å². The van der Waals surface area contributed by atoms with Crippen LogP contribution in [0.1, 0.15) is 67.2 Å². The molecule has 8 nitrogen and oxygen atoms in total. The summed E-state index contributed by atoms with van der Waals surface area (Å²) < 4.78 is 5.60. The highest BCUT2D eigenvalue weighted by molar-refractivity contribution is 7.17. The zero-order valence-corrected chi connectivity index (χ0v) is 19.0. The molecule has 9 heteroatoms. The maximum Gasteiger partial charge on any atom is 0.262 e. The molecular formula is C24H25N3O5S. The molecule has 2 N–H and O–H groups in total. The van der Waals surface area contributed by atoms with Crippen LogP contribution < -0.4 is 10.6 Å². The van der Waals surface area contributed by atoms with Gasteiger partial charge in [0.05, 0.1) is 22.8 Å². The number of rotatable bonds is 6. The number of carbonyl (C=O) groups is 4. The van der Waals surface area contributed by atoms with Gasteiger partial charge in [0.25, 0.3) is 17.7 Å². The third-order valence-corrected chi connectivity index (χ3v) is 7.55. The van der Waals surface area contributed by atoms with Gasteiger partial charge in [0.1, 0.15) is 11.5 Å². The van der Waals surface area contributed by atoms with Crippen molar-refractivity contribution in [2.45, 2.75) is 44.6 Å². The van der Waals surface area contributed by atoms with Crippen molar-refractivity contribution in [3.63, 3.8) is 0 Å². The Hall–Kier alpha value is -3.04. The van der Waals surface area contributed by atoms with Gasteiger partial charge in [-0.1, -0.05) is 12.1 Å². The number of fused-ring (bicyclic) bond motifs is 2. The predicted molar refractivity (Wildman–Crippen MR) is 123 cm³/mol. The molecule has 4 amide bonds. The molecule has 2 aliphatic heterocycles. The van der Waals surface area contributed by atoms with Crippen LogP contribution in [0.2, 0.25) is 0 Å². The Morgan fingerprint density at radius 3 is 2.48 bits per heavy atom. The normalized spacial score (nSPS) is 19.4. The number of aryl methyl sites for hydroxylation is 1. The molecule has 0 unspecified atom stereocenters. The minimum atomic E-state index is -0.503. The highest BCUT2D eigenvalue weighted by Gasteiger charge is 2.36. The van der Waals surface area contributed by atoms with Crippen molar-refractivity contribution in [3.05, 3.63) is 51.4 Å². The lowest BCUT2D eigenvalue weighted by Gasteiger charge is -2.16. The van der Waals surface area contributed by atoms with E-state index in [1.807, 2.05) is 0 Å². The minimum absolute atomic E-state index is 0.0234. The lowest BCUT2D eigenvalue weighted by Crippen LogP contribution is -2.37. The SMILES string of the molecule is O=C(CN1C(=O)c2ccccc2C1=O)Nc1sc2c(c1C(=O)NC[C@@H]1CCCO1)CCCC2. The number of carbonyl (C=O) groups excluding carboxylic acids is 4. The second-order valence-electron chi connectivity index (χ2n) is 8.55. The molecule has 1 atom stereocenters. The zero-order chi connectivity index (χ0) is 22.9. The topological polar surface area (TPSA) is 105 Å². The van der Waals surface area contributed by atoms with E-state index < -0.39 is 24.3 Å². The monoisotopic (exact) mass is 467 g/mol. The summed E-state index contributed by atoms with van der Waals surface area (Å²) in [5, 5.41) is 6.26. The summed E-state index contributed by atoms with van der Waals surface area (Å²) in [5.41, 5.74) is 2.10. The average Bonchev–Trinajstić information content (AvgIpc) is 3.52. The van der Waals surface area contributed by atoms with Gasteiger partial charge < -0.3 is 15.4 Å². The maximum absolute atomic E-state index is 13.1. The van der Waals surface area contributed by atoms with Gasteiger partial charge in [0.2, 0.25) is 5.91 Å². The van der Waals surface area contributed by atoms with E-state index in [1.54, 1.807) is 24.3 Å². The number of nitrogens with zero attached hydrogens (tertiary/aromatic N) is 1. The standard InChI is InChI=1S/C24H25N3O5S/c28-19(13-27-23(30)15-7-1-2-8-16(15)24(27)31)26-22-20(17-9-3-4-10-18(17)33-22)21(29)25-12-14-6-5-11-32-14/h1-2,7-8,14H,3-6,9-13H2,(H,25,29)(H,26,28)/t14-/m0/s1. The molecule has 1 aliphatic carbocycles. The molecule has 2 aromatic rings. The second kappa shape index (κ2) is 9.07. The average molecular weight is 468 g/mol. The molecular weight excluding hydrogens is 442 g/mol. The number of benzene rings is 1. The van der Waals surface area contributed by atoms with E-state index >= 15 is 0 Å². The van der Waals surface area contributed by atoms with Crippen LogP contribution in [-0.2, 0) is 22.4 Å². The number of anilines is 1. The van der Waals surface area contributed by atoms with Crippen molar-refractivity contribution in [1.29, 1.82) is 0 Å². The Balaban J connectivity index is 1.32. The first-order chi connectivity index (χ1) is 16.0. The summed E-state index contributed by atoms with van der Waals surface area (Å²) in [6.07, 6.45) is 5.66. The molecule has 1 saturated heterocycles. The van der Waals surface area contributed by atoms with Crippen molar-refractivity contribution < 1.29 is 23.9 Å². The smallest absolute Gasteiger partial charge is 0.262 e. The van der Waals surface area contributed by atoms with Crippen LogP contribution in [0.4, 0.5) is 5.00 Å². The van der Waals surface area contributed by atoms with E-state index in [4.69, 9.17) is 4.74 Å². The van der Waals surface area contributed by atoms with Crippen molar-refractivity contribution in [2.75, 3.05) is 25.0 Å². The van der Waals surface area contributed by atoms with E-state index in [-0.39, 0.29) is 12.0 Å². The van der Waals surface area contributed by atoms with E-state index in [0.29, 0.717) is 34.8 Å². The summed E-state index contributed by atoms with van der Waals surface area (Å²) in [6.45, 7) is 0.755. The molecule has 3 aliphatic rings. The van der Waals surface area contributed by atoms with Crippen LogP contribution in [0.3, 0.4) is 0 Å². The summed E-state index contributed by atoms with van der Waals surface area (Å²) in [4.78, 5) is 53.2. The second-order valence-corrected chi connectivity index (χ2v) is 9.66. The Morgan fingerprint density at radius 2 is 1.79 bits per heavy atom. The van der Waals surface area contributed by atoms with Gasteiger partial charge in [0.15, 0.2) is 0 Å². The minimum Gasteiger partial charge on any atom is -0.376 e. The van der Waals surface area contributed by atoms with Crippen molar-refractivity contribution >= 4 is 40.0 Å². The summed E-state index contributed by atoms with van der Waals surface area (Å²) >= 11 is 1.41. The van der Waals surface area contributed by atoms with Gasteiger partial charge in [-0.15, -0.1) is 11.3 Å². The number of thiophene rings is 1. The van der Waals surface area contributed by atoms with E-state index in [9.17, 15) is 19.2 Å². The molecule has 1 fully saturated rings. The third kappa shape index (κ3) is 4.18. The van der Waals surface area contributed by atoms with E-state index in [0.717, 1.165) is 53.9 Å². The first-order valence-corrected chi connectivity index (χ1v) is 12.1. The fourth-order valence-electron chi connectivity index (χ4n) is 4.69. The lowest BCUT2D eigenvalue weighted by molar-refractivity contribution is -0.116. The number of nitrogens with one attached hydrogen (secondary N) is 2.